The van der Waals surface area contributed by atoms with Gasteiger partial charge in [0.2, 0.25) is 5.91 Å². The van der Waals surface area contributed by atoms with Gasteiger partial charge in [-0.2, -0.15) is 0 Å². The van der Waals surface area contributed by atoms with Crippen molar-refractivity contribution >= 4 is 55.7 Å². The van der Waals surface area contributed by atoms with Crippen molar-refractivity contribution in [2.24, 2.45) is 0 Å². The lowest BCUT2D eigenvalue weighted by molar-refractivity contribution is -0.115. The fourth-order valence-corrected chi connectivity index (χ4v) is 5.45. The van der Waals surface area contributed by atoms with Crippen LogP contribution in [-0.4, -0.2) is 26.1 Å². The quantitative estimate of drug-likeness (QED) is 0.427. The molecule has 0 aliphatic heterocycles. The molecule has 0 fully saturated rings. The number of anilines is 1. The zero-order chi connectivity index (χ0) is 21.3. The third-order valence-corrected chi connectivity index (χ3v) is 7.74. The van der Waals surface area contributed by atoms with E-state index in [9.17, 15) is 9.59 Å². The second-order valence-electron chi connectivity index (χ2n) is 6.82. The number of amides is 1. The second kappa shape index (κ2) is 8.71. The van der Waals surface area contributed by atoms with Crippen molar-refractivity contribution in [3.05, 3.63) is 62.3 Å². The number of hydrogen-bond acceptors (Lipinski definition) is 7. The van der Waals surface area contributed by atoms with Gasteiger partial charge in [-0.25, -0.2) is 9.97 Å². The van der Waals surface area contributed by atoms with E-state index in [-0.39, 0.29) is 16.7 Å². The van der Waals surface area contributed by atoms with Gasteiger partial charge in [0, 0.05) is 15.8 Å². The van der Waals surface area contributed by atoms with Crippen LogP contribution in [0.3, 0.4) is 0 Å². The van der Waals surface area contributed by atoms with Crippen LogP contribution >= 0.6 is 34.4 Å². The summed E-state index contributed by atoms with van der Waals surface area (Å²) in [4.78, 5) is 38.7. The zero-order valence-electron chi connectivity index (χ0n) is 16.7. The van der Waals surface area contributed by atoms with Crippen molar-refractivity contribution in [3.63, 3.8) is 0 Å². The van der Waals surface area contributed by atoms with Crippen LogP contribution in [0.4, 0.5) is 5.13 Å². The molecular formula is C21H20N4O2S3. The minimum Gasteiger partial charge on any atom is -0.309 e. The molecule has 1 aromatic carbocycles. The van der Waals surface area contributed by atoms with Gasteiger partial charge in [0.05, 0.1) is 22.1 Å². The number of carbonyl (C=O) groups is 1. The van der Waals surface area contributed by atoms with E-state index in [0.29, 0.717) is 22.1 Å². The summed E-state index contributed by atoms with van der Waals surface area (Å²) in [6, 6.07) is 9.85. The maximum absolute atomic E-state index is 12.6. The first kappa shape index (κ1) is 20.8. The van der Waals surface area contributed by atoms with Gasteiger partial charge in [0.1, 0.15) is 10.7 Å². The predicted molar refractivity (Wildman–Crippen MR) is 127 cm³/mol. The highest BCUT2D eigenvalue weighted by Crippen LogP contribution is 2.27. The first-order chi connectivity index (χ1) is 14.4. The highest BCUT2D eigenvalue weighted by atomic mass is 32.2. The smallest absolute Gasteiger partial charge is 0.259 e. The Morgan fingerprint density at radius 3 is 2.77 bits per heavy atom. The maximum atomic E-state index is 12.6. The molecule has 4 rings (SSSR count). The van der Waals surface area contributed by atoms with E-state index in [2.05, 4.69) is 20.3 Å². The second-order valence-corrected chi connectivity index (χ2v) is 10.2. The van der Waals surface area contributed by atoms with Crippen LogP contribution in [0.25, 0.3) is 21.5 Å². The summed E-state index contributed by atoms with van der Waals surface area (Å²) in [5, 5.41) is 5.72. The first-order valence-corrected chi connectivity index (χ1v) is 12.1. The molecule has 154 valence electrons. The van der Waals surface area contributed by atoms with E-state index >= 15 is 0 Å². The number of hydrogen-bond donors (Lipinski definition) is 2. The normalized spacial score (nSPS) is 12.2. The van der Waals surface area contributed by atoms with Crippen LogP contribution < -0.4 is 10.9 Å². The van der Waals surface area contributed by atoms with Gasteiger partial charge in [-0.3, -0.25) is 9.59 Å². The molecule has 0 radical (unpaired) electrons. The largest absolute Gasteiger partial charge is 0.309 e. The van der Waals surface area contributed by atoms with Crippen molar-refractivity contribution in [1.29, 1.82) is 0 Å². The fourth-order valence-electron chi connectivity index (χ4n) is 2.93. The Labute approximate surface area is 185 Å². The lowest BCUT2D eigenvalue weighted by Crippen LogP contribution is -2.23. The minimum atomic E-state index is -0.318. The monoisotopic (exact) mass is 456 g/mol. The lowest BCUT2D eigenvalue weighted by Gasteiger charge is -2.10. The van der Waals surface area contributed by atoms with Crippen molar-refractivity contribution in [3.8, 4) is 11.3 Å². The zero-order valence-corrected chi connectivity index (χ0v) is 19.1. The summed E-state index contributed by atoms with van der Waals surface area (Å²) < 4.78 is 0. The maximum Gasteiger partial charge on any atom is 0.259 e. The highest BCUT2D eigenvalue weighted by Gasteiger charge is 2.17. The molecule has 9 heteroatoms. The number of aromatic amines is 1. The first-order valence-electron chi connectivity index (χ1n) is 9.34. The molecular weight excluding hydrogens is 436 g/mol. The number of thiazole rings is 1. The number of rotatable bonds is 6. The molecule has 0 bridgehead atoms. The van der Waals surface area contributed by atoms with Crippen molar-refractivity contribution in [1.82, 2.24) is 15.0 Å². The standard InChI is InChI=1S/C21H20N4O2S3/c1-11-12(2)30-20-17(11)19(27)23-16(24-20)10-28-13(3)18(26)25-21-22-15(9-29-21)14-7-5-4-6-8-14/h4-9,13H,10H2,1-3H3,(H,22,25,26)(H,23,24,27). The van der Waals surface area contributed by atoms with Gasteiger partial charge in [-0.05, 0) is 26.3 Å². The van der Waals surface area contributed by atoms with Crippen molar-refractivity contribution < 1.29 is 4.79 Å². The molecule has 4 aromatic rings. The number of carbonyl (C=O) groups excluding carboxylic acids is 1. The van der Waals surface area contributed by atoms with E-state index in [4.69, 9.17) is 0 Å². The summed E-state index contributed by atoms with van der Waals surface area (Å²) in [6.07, 6.45) is 0. The minimum absolute atomic E-state index is 0.120. The molecule has 1 atom stereocenters. The Balaban J connectivity index is 1.39. The lowest BCUT2D eigenvalue weighted by atomic mass is 10.2. The van der Waals surface area contributed by atoms with Crippen molar-refractivity contribution in [2.75, 3.05) is 5.32 Å². The van der Waals surface area contributed by atoms with Gasteiger partial charge in [0.15, 0.2) is 5.13 Å². The van der Waals surface area contributed by atoms with Crippen LogP contribution in [0.1, 0.15) is 23.2 Å². The molecule has 30 heavy (non-hydrogen) atoms. The topological polar surface area (TPSA) is 87.7 Å². The molecule has 0 aliphatic rings. The van der Waals surface area contributed by atoms with Gasteiger partial charge in [0.25, 0.3) is 5.56 Å². The van der Waals surface area contributed by atoms with E-state index in [1.165, 1.54) is 34.4 Å². The Morgan fingerprint density at radius 1 is 1.23 bits per heavy atom. The van der Waals surface area contributed by atoms with Gasteiger partial charge >= 0.3 is 0 Å². The number of thioether (sulfide) groups is 1. The molecule has 3 heterocycles. The number of nitrogens with zero attached hydrogens (tertiary/aromatic N) is 2. The van der Waals surface area contributed by atoms with Gasteiger partial charge in [-0.15, -0.1) is 34.4 Å². The van der Waals surface area contributed by atoms with Gasteiger partial charge < -0.3 is 10.3 Å². The Bertz CT molecular complexity index is 1260. The van der Waals surface area contributed by atoms with Crippen LogP contribution in [0, 0.1) is 13.8 Å². The number of H-pyrrole nitrogens is 1. The number of benzene rings is 1. The molecule has 0 aliphatic carbocycles. The molecule has 0 saturated carbocycles. The Kier molecular flexibility index (Phi) is 6.03. The summed E-state index contributed by atoms with van der Waals surface area (Å²) in [5.74, 6) is 0.905. The fraction of sp³-hybridized carbons (Fsp3) is 0.238. The molecule has 0 spiro atoms. The number of aryl methyl sites for hydroxylation is 2. The van der Waals surface area contributed by atoms with Gasteiger partial charge in [-0.1, -0.05) is 30.3 Å². The summed E-state index contributed by atoms with van der Waals surface area (Å²) >= 11 is 4.35. The van der Waals surface area contributed by atoms with E-state index in [1.807, 2.05) is 56.5 Å². The van der Waals surface area contributed by atoms with Crippen LogP contribution in [0.2, 0.25) is 0 Å². The highest BCUT2D eigenvalue weighted by molar-refractivity contribution is 7.99. The Morgan fingerprint density at radius 2 is 2.00 bits per heavy atom. The van der Waals surface area contributed by atoms with E-state index in [1.54, 1.807) is 0 Å². The third kappa shape index (κ3) is 4.33. The number of fused-ring (bicyclic) bond motifs is 1. The summed E-state index contributed by atoms with van der Waals surface area (Å²) in [7, 11) is 0. The number of thiophene rings is 1. The molecule has 1 amide bonds. The SMILES string of the molecule is Cc1sc2nc(CSC(C)C(=O)Nc3nc(-c4ccccc4)cs3)[nH]c(=O)c2c1C. The molecule has 6 nitrogen and oxygen atoms in total. The van der Waals surface area contributed by atoms with Crippen LogP contribution in [0.5, 0.6) is 0 Å². The predicted octanol–water partition coefficient (Wildman–Crippen LogP) is 4.99. The van der Waals surface area contributed by atoms with Crippen LogP contribution in [0.15, 0.2) is 40.5 Å². The van der Waals surface area contributed by atoms with E-state index < -0.39 is 0 Å². The molecule has 0 saturated heterocycles. The average Bonchev–Trinajstić information content (AvgIpc) is 3.31. The Hall–Kier alpha value is -2.49. The number of aromatic nitrogens is 3. The van der Waals surface area contributed by atoms with E-state index in [0.717, 1.165) is 26.5 Å². The van der Waals surface area contributed by atoms with Crippen molar-refractivity contribution in [2.45, 2.75) is 31.8 Å². The molecule has 2 N–H and O–H groups in total. The third-order valence-electron chi connectivity index (χ3n) is 4.73. The van der Waals surface area contributed by atoms with Crippen LogP contribution in [-0.2, 0) is 10.5 Å². The summed E-state index contributed by atoms with van der Waals surface area (Å²) in [6.45, 7) is 5.76. The number of nitrogens with one attached hydrogen (secondary N) is 2. The average molecular weight is 457 g/mol. The summed E-state index contributed by atoms with van der Waals surface area (Å²) in [5.41, 5.74) is 2.72. The molecule has 3 aromatic heterocycles. The molecule has 1 unspecified atom stereocenters.